The average Bonchev–Trinajstić information content (AvgIpc) is 2.89. The van der Waals surface area contributed by atoms with Crippen LogP contribution in [0.2, 0.25) is 0 Å². The average molecular weight is 428 g/mol. The quantitative estimate of drug-likeness (QED) is 0.740. The Morgan fingerprint density at radius 1 is 1.06 bits per heavy atom. The summed E-state index contributed by atoms with van der Waals surface area (Å²) in [4.78, 5) is 54.5. The van der Waals surface area contributed by atoms with Gasteiger partial charge in [0.15, 0.2) is 5.72 Å². The van der Waals surface area contributed by atoms with E-state index in [2.05, 4.69) is 5.32 Å². The van der Waals surface area contributed by atoms with Gasteiger partial charge in [0.25, 0.3) is 5.91 Å². The van der Waals surface area contributed by atoms with Crippen LogP contribution in [0.3, 0.4) is 0 Å². The fourth-order valence-corrected chi connectivity index (χ4v) is 4.38. The van der Waals surface area contributed by atoms with Gasteiger partial charge in [-0.3, -0.25) is 19.2 Å². The molecule has 1 aromatic carbocycles. The third-order valence-corrected chi connectivity index (χ3v) is 6.31. The highest BCUT2D eigenvalue weighted by atomic mass is 16.5. The van der Waals surface area contributed by atoms with Crippen LogP contribution in [0, 0.1) is 6.92 Å². The Kier molecular flexibility index (Phi) is 5.60. The van der Waals surface area contributed by atoms with Crippen LogP contribution in [0.1, 0.15) is 42.1 Å². The number of fused-ring (bicyclic) bond motifs is 1. The minimum absolute atomic E-state index is 0.00128. The summed E-state index contributed by atoms with van der Waals surface area (Å²) < 4.78 is 6.17. The van der Waals surface area contributed by atoms with Gasteiger partial charge in [-0.25, -0.2) is 0 Å². The standard InChI is InChI=1S/C22H28N4O5/c1-15-3-4-18-17(13-15)21(30)23-22(31-18)6-5-19(28)26(8-7-22)14-20(29)25-11-9-24(10-12-25)16(2)27/h3-4,13H,5-12,14H2,1-2H3,(H,23,30)/t22-/m0/s1. The summed E-state index contributed by atoms with van der Waals surface area (Å²) in [5.74, 6) is 0.0772. The number of rotatable bonds is 2. The van der Waals surface area contributed by atoms with Gasteiger partial charge in [-0.05, 0) is 19.1 Å². The highest BCUT2D eigenvalue weighted by Crippen LogP contribution is 2.34. The van der Waals surface area contributed by atoms with Gasteiger partial charge in [0, 0.05) is 58.9 Å². The van der Waals surface area contributed by atoms with E-state index in [9.17, 15) is 19.2 Å². The fourth-order valence-electron chi connectivity index (χ4n) is 4.38. The van der Waals surface area contributed by atoms with Crippen molar-refractivity contribution in [1.29, 1.82) is 0 Å². The number of ether oxygens (including phenoxy) is 1. The first-order valence-electron chi connectivity index (χ1n) is 10.7. The number of carbonyl (C=O) groups is 4. The minimum atomic E-state index is -0.945. The van der Waals surface area contributed by atoms with Crippen LogP contribution < -0.4 is 10.1 Å². The van der Waals surface area contributed by atoms with Gasteiger partial charge in [0.1, 0.15) is 5.75 Å². The SMILES string of the molecule is CC(=O)N1CCN(C(=O)CN2CC[C@@]3(CCC2=O)NC(=O)c2cc(C)ccc2O3)CC1. The molecule has 0 radical (unpaired) electrons. The van der Waals surface area contributed by atoms with E-state index in [-0.39, 0.29) is 36.6 Å². The molecule has 3 heterocycles. The zero-order chi connectivity index (χ0) is 22.2. The third kappa shape index (κ3) is 4.35. The molecule has 0 saturated carbocycles. The summed E-state index contributed by atoms with van der Waals surface area (Å²) >= 11 is 0. The zero-order valence-corrected chi connectivity index (χ0v) is 18.0. The third-order valence-electron chi connectivity index (χ3n) is 6.31. The van der Waals surface area contributed by atoms with Crippen molar-refractivity contribution >= 4 is 23.6 Å². The molecule has 4 rings (SSSR count). The summed E-state index contributed by atoms with van der Waals surface area (Å²) in [5.41, 5.74) is 0.524. The van der Waals surface area contributed by atoms with Crippen LogP contribution in [0.15, 0.2) is 18.2 Å². The molecule has 0 unspecified atom stereocenters. The van der Waals surface area contributed by atoms with Gasteiger partial charge in [-0.2, -0.15) is 0 Å². The maximum absolute atomic E-state index is 12.7. The Morgan fingerprint density at radius 3 is 2.48 bits per heavy atom. The van der Waals surface area contributed by atoms with Crippen molar-refractivity contribution in [1.82, 2.24) is 20.0 Å². The maximum Gasteiger partial charge on any atom is 0.258 e. The Labute approximate surface area is 181 Å². The van der Waals surface area contributed by atoms with Crippen LogP contribution in [-0.4, -0.2) is 83.3 Å². The van der Waals surface area contributed by atoms with E-state index in [0.717, 1.165) is 5.56 Å². The molecular weight excluding hydrogens is 400 g/mol. The first kappa shape index (κ1) is 21.1. The minimum Gasteiger partial charge on any atom is -0.467 e. The molecule has 1 N–H and O–H groups in total. The molecule has 0 bridgehead atoms. The topological polar surface area (TPSA) is 99.3 Å². The number of hydrogen-bond acceptors (Lipinski definition) is 5. The lowest BCUT2D eigenvalue weighted by atomic mass is 9.99. The highest BCUT2D eigenvalue weighted by molar-refractivity contribution is 5.98. The molecule has 3 aliphatic heterocycles. The van der Waals surface area contributed by atoms with E-state index in [4.69, 9.17) is 4.74 Å². The Balaban J connectivity index is 1.39. The molecule has 9 nitrogen and oxygen atoms in total. The van der Waals surface area contributed by atoms with Gasteiger partial charge >= 0.3 is 0 Å². The number of likely N-dealkylation sites (tertiary alicyclic amines) is 1. The van der Waals surface area contributed by atoms with E-state index >= 15 is 0 Å². The lowest BCUT2D eigenvalue weighted by Crippen LogP contribution is -2.56. The number of piperazine rings is 1. The van der Waals surface area contributed by atoms with Crippen molar-refractivity contribution in [3.8, 4) is 5.75 Å². The monoisotopic (exact) mass is 428 g/mol. The second-order valence-electron chi connectivity index (χ2n) is 8.50. The molecule has 31 heavy (non-hydrogen) atoms. The molecule has 9 heteroatoms. The molecule has 0 aliphatic carbocycles. The number of nitrogens with zero attached hydrogens (tertiary/aromatic N) is 3. The van der Waals surface area contributed by atoms with Crippen LogP contribution in [0.25, 0.3) is 0 Å². The Hall–Kier alpha value is -3.10. The molecule has 1 spiro atoms. The highest BCUT2D eigenvalue weighted by Gasteiger charge is 2.43. The van der Waals surface area contributed by atoms with E-state index in [1.165, 1.54) is 6.92 Å². The summed E-state index contributed by atoms with van der Waals surface area (Å²) in [5, 5.41) is 2.96. The molecule has 3 aliphatic rings. The molecule has 1 atom stereocenters. The van der Waals surface area contributed by atoms with Crippen molar-refractivity contribution < 1.29 is 23.9 Å². The summed E-state index contributed by atoms with van der Waals surface area (Å²) in [6.07, 6.45) is 0.947. The predicted molar refractivity (Wildman–Crippen MR) is 111 cm³/mol. The number of carbonyl (C=O) groups excluding carboxylic acids is 4. The Bertz CT molecular complexity index is 924. The van der Waals surface area contributed by atoms with Crippen molar-refractivity contribution in [2.45, 2.75) is 38.8 Å². The van der Waals surface area contributed by atoms with Crippen LogP contribution in [-0.2, 0) is 14.4 Å². The summed E-state index contributed by atoms with van der Waals surface area (Å²) in [7, 11) is 0. The molecular formula is C22H28N4O5. The van der Waals surface area contributed by atoms with Gasteiger partial charge in [0.2, 0.25) is 17.7 Å². The van der Waals surface area contributed by atoms with E-state index in [1.807, 2.05) is 13.0 Å². The number of hydrogen-bond donors (Lipinski definition) is 1. The van der Waals surface area contributed by atoms with Crippen molar-refractivity contribution in [2.24, 2.45) is 0 Å². The van der Waals surface area contributed by atoms with Gasteiger partial charge in [-0.1, -0.05) is 11.6 Å². The largest absolute Gasteiger partial charge is 0.467 e. The molecule has 1 aromatic rings. The number of aryl methyl sites for hydroxylation is 1. The summed E-state index contributed by atoms with van der Waals surface area (Å²) in [6, 6.07) is 5.47. The van der Waals surface area contributed by atoms with Gasteiger partial charge < -0.3 is 24.8 Å². The van der Waals surface area contributed by atoms with E-state index < -0.39 is 5.72 Å². The fraction of sp³-hybridized carbons (Fsp3) is 0.545. The van der Waals surface area contributed by atoms with Gasteiger partial charge in [-0.15, -0.1) is 0 Å². The van der Waals surface area contributed by atoms with Crippen LogP contribution >= 0.6 is 0 Å². The first-order chi connectivity index (χ1) is 14.8. The van der Waals surface area contributed by atoms with Crippen molar-refractivity contribution in [3.63, 3.8) is 0 Å². The maximum atomic E-state index is 12.7. The lowest BCUT2D eigenvalue weighted by Gasteiger charge is -2.38. The predicted octanol–water partition coefficient (Wildman–Crippen LogP) is 0.517. The van der Waals surface area contributed by atoms with Crippen molar-refractivity contribution in [2.75, 3.05) is 39.3 Å². The lowest BCUT2D eigenvalue weighted by molar-refractivity contribution is -0.143. The zero-order valence-electron chi connectivity index (χ0n) is 18.0. The molecule has 2 saturated heterocycles. The molecule has 4 amide bonds. The second kappa shape index (κ2) is 8.20. The van der Waals surface area contributed by atoms with Gasteiger partial charge in [0.05, 0.1) is 12.1 Å². The number of nitrogens with one attached hydrogen (secondary N) is 1. The van der Waals surface area contributed by atoms with Crippen LogP contribution in [0.5, 0.6) is 5.75 Å². The number of benzene rings is 1. The smallest absolute Gasteiger partial charge is 0.258 e. The number of amides is 4. The first-order valence-corrected chi connectivity index (χ1v) is 10.7. The van der Waals surface area contributed by atoms with E-state index in [0.29, 0.717) is 56.9 Å². The molecule has 2 fully saturated rings. The second-order valence-corrected chi connectivity index (χ2v) is 8.50. The van der Waals surface area contributed by atoms with Crippen molar-refractivity contribution in [3.05, 3.63) is 29.3 Å². The normalized spacial score (nSPS) is 23.7. The Morgan fingerprint density at radius 2 is 1.77 bits per heavy atom. The van der Waals surface area contributed by atoms with E-state index in [1.54, 1.807) is 26.8 Å². The van der Waals surface area contributed by atoms with Crippen LogP contribution in [0.4, 0.5) is 0 Å². The summed E-state index contributed by atoms with van der Waals surface area (Å²) in [6.45, 7) is 5.72. The molecule has 166 valence electrons. The molecule has 0 aromatic heterocycles.